The third-order valence-corrected chi connectivity index (χ3v) is 6.84. The Morgan fingerprint density at radius 1 is 1.20 bits per heavy atom. The van der Waals surface area contributed by atoms with E-state index >= 15 is 0 Å². The number of nitrogens with zero attached hydrogens (tertiary/aromatic N) is 3. The summed E-state index contributed by atoms with van der Waals surface area (Å²) in [5.74, 6) is 1.82. The lowest BCUT2D eigenvalue weighted by atomic mass is 10.1. The van der Waals surface area contributed by atoms with E-state index in [9.17, 15) is 13.2 Å². The van der Waals surface area contributed by atoms with Gasteiger partial charge in [-0.25, -0.2) is 0 Å². The lowest BCUT2D eigenvalue weighted by Gasteiger charge is -2.35. The maximum absolute atomic E-state index is 13.3. The standard InChI is InChI=1S/C20H30F3N5S.HI/c1-24-19(26-14-17-4-3-11-29-17)25-13-15-12-16(20(21,22)23)5-6-18(15)28-9-7-27(2)8-10-28;/h5-6,12,17H,3-4,7-11,13-14H2,1-2H3,(H2,24,25,26);1H. The highest BCUT2D eigenvalue weighted by atomic mass is 127. The van der Waals surface area contributed by atoms with E-state index in [4.69, 9.17) is 0 Å². The number of rotatable bonds is 5. The third-order valence-electron chi connectivity index (χ3n) is 5.44. The van der Waals surface area contributed by atoms with Crippen molar-refractivity contribution in [1.29, 1.82) is 0 Å². The fraction of sp³-hybridized carbons (Fsp3) is 0.650. The first-order chi connectivity index (χ1) is 13.9. The Bertz CT molecular complexity index is 702. The normalized spacial score (nSPS) is 20.8. The molecule has 30 heavy (non-hydrogen) atoms. The lowest BCUT2D eigenvalue weighted by molar-refractivity contribution is -0.137. The molecular weight excluding hydrogens is 526 g/mol. The van der Waals surface area contributed by atoms with E-state index in [2.05, 4.69) is 32.5 Å². The van der Waals surface area contributed by atoms with Crippen molar-refractivity contribution >= 4 is 47.4 Å². The monoisotopic (exact) mass is 557 g/mol. The van der Waals surface area contributed by atoms with Gasteiger partial charge in [0.15, 0.2) is 5.96 Å². The minimum atomic E-state index is -4.35. The van der Waals surface area contributed by atoms with Crippen molar-refractivity contribution in [2.24, 2.45) is 4.99 Å². The molecule has 3 rings (SSSR count). The Morgan fingerprint density at radius 2 is 1.93 bits per heavy atom. The molecule has 0 bridgehead atoms. The summed E-state index contributed by atoms with van der Waals surface area (Å²) in [4.78, 5) is 8.63. The van der Waals surface area contributed by atoms with Crippen molar-refractivity contribution in [2.45, 2.75) is 30.8 Å². The van der Waals surface area contributed by atoms with Crippen LogP contribution < -0.4 is 15.5 Å². The SMILES string of the molecule is CN=C(NCc1cc(C(F)(F)F)ccc1N1CCN(C)CC1)NCC1CCCS1.I. The second kappa shape index (κ2) is 11.7. The molecule has 10 heteroatoms. The summed E-state index contributed by atoms with van der Waals surface area (Å²) < 4.78 is 39.8. The number of piperazine rings is 1. The molecule has 2 aliphatic rings. The molecule has 170 valence electrons. The molecule has 0 radical (unpaired) electrons. The maximum Gasteiger partial charge on any atom is 0.416 e. The Balaban J connectivity index is 0.00000320. The van der Waals surface area contributed by atoms with E-state index in [1.54, 1.807) is 13.1 Å². The number of alkyl halides is 3. The summed E-state index contributed by atoms with van der Waals surface area (Å²) in [6.07, 6.45) is -1.92. The van der Waals surface area contributed by atoms with Gasteiger partial charge >= 0.3 is 6.18 Å². The van der Waals surface area contributed by atoms with Crippen molar-refractivity contribution in [3.05, 3.63) is 29.3 Å². The van der Waals surface area contributed by atoms with Crippen LogP contribution in [0.4, 0.5) is 18.9 Å². The molecule has 2 saturated heterocycles. The van der Waals surface area contributed by atoms with Gasteiger partial charge in [-0.2, -0.15) is 24.9 Å². The number of guanidine groups is 1. The molecule has 2 heterocycles. The van der Waals surface area contributed by atoms with E-state index < -0.39 is 11.7 Å². The van der Waals surface area contributed by atoms with Crippen molar-refractivity contribution < 1.29 is 13.2 Å². The Kier molecular flexibility index (Phi) is 9.86. The fourth-order valence-electron chi connectivity index (χ4n) is 3.67. The summed E-state index contributed by atoms with van der Waals surface area (Å²) in [6, 6.07) is 4.05. The van der Waals surface area contributed by atoms with Crippen molar-refractivity contribution in [1.82, 2.24) is 15.5 Å². The van der Waals surface area contributed by atoms with Crippen molar-refractivity contribution in [3.8, 4) is 0 Å². The van der Waals surface area contributed by atoms with Gasteiger partial charge in [0.05, 0.1) is 5.56 Å². The Morgan fingerprint density at radius 3 is 2.53 bits per heavy atom. The molecule has 1 unspecified atom stereocenters. The molecule has 2 aliphatic heterocycles. The van der Waals surface area contributed by atoms with Gasteiger partial charge in [0.1, 0.15) is 0 Å². The minimum Gasteiger partial charge on any atom is -0.369 e. The smallest absolute Gasteiger partial charge is 0.369 e. The Labute approximate surface area is 198 Å². The average Bonchev–Trinajstić information content (AvgIpc) is 3.21. The quantitative estimate of drug-likeness (QED) is 0.329. The predicted octanol–water partition coefficient (Wildman–Crippen LogP) is 3.64. The molecule has 1 aromatic carbocycles. The predicted molar refractivity (Wildman–Crippen MR) is 130 cm³/mol. The first-order valence-corrected chi connectivity index (χ1v) is 11.1. The van der Waals surface area contributed by atoms with Crippen LogP contribution in [-0.2, 0) is 12.7 Å². The zero-order valence-electron chi connectivity index (χ0n) is 17.5. The van der Waals surface area contributed by atoms with Crippen LogP contribution in [0.1, 0.15) is 24.0 Å². The van der Waals surface area contributed by atoms with E-state index in [-0.39, 0.29) is 24.0 Å². The number of anilines is 1. The summed E-state index contributed by atoms with van der Waals surface area (Å²) in [7, 11) is 3.75. The van der Waals surface area contributed by atoms with E-state index in [1.807, 2.05) is 11.8 Å². The van der Waals surface area contributed by atoms with Gasteiger partial charge < -0.3 is 20.4 Å². The maximum atomic E-state index is 13.3. The van der Waals surface area contributed by atoms with Crippen LogP contribution in [-0.4, -0.2) is 68.7 Å². The number of halogens is 4. The van der Waals surface area contributed by atoms with Gasteiger partial charge in [0, 0.05) is 57.3 Å². The zero-order valence-corrected chi connectivity index (χ0v) is 20.6. The van der Waals surface area contributed by atoms with Gasteiger partial charge in [-0.05, 0) is 49.4 Å². The molecule has 0 saturated carbocycles. The van der Waals surface area contributed by atoms with Crippen molar-refractivity contribution in [3.63, 3.8) is 0 Å². The molecule has 2 fully saturated rings. The topological polar surface area (TPSA) is 42.9 Å². The molecule has 0 aliphatic carbocycles. The molecular formula is C20H31F3IN5S. The molecule has 1 atom stereocenters. The molecule has 0 amide bonds. The lowest BCUT2D eigenvalue weighted by Crippen LogP contribution is -2.45. The first-order valence-electron chi connectivity index (χ1n) is 10.1. The second-order valence-electron chi connectivity index (χ2n) is 7.57. The number of nitrogens with one attached hydrogen (secondary N) is 2. The van der Waals surface area contributed by atoms with Crippen LogP contribution in [0.2, 0.25) is 0 Å². The molecule has 1 aromatic rings. The summed E-state index contributed by atoms with van der Waals surface area (Å²) >= 11 is 1.95. The second-order valence-corrected chi connectivity index (χ2v) is 8.98. The largest absolute Gasteiger partial charge is 0.416 e. The highest BCUT2D eigenvalue weighted by Gasteiger charge is 2.31. The number of thioether (sulfide) groups is 1. The number of aliphatic imine (C=N–C) groups is 1. The van der Waals surface area contributed by atoms with E-state index in [1.165, 1.54) is 30.7 Å². The van der Waals surface area contributed by atoms with Crippen LogP contribution >= 0.6 is 35.7 Å². The van der Waals surface area contributed by atoms with Gasteiger partial charge in [0.2, 0.25) is 0 Å². The molecule has 0 aromatic heterocycles. The van der Waals surface area contributed by atoms with Gasteiger partial charge in [0.25, 0.3) is 0 Å². The highest BCUT2D eigenvalue weighted by Crippen LogP contribution is 2.33. The van der Waals surface area contributed by atoms with Gasteiger partial charge in [-0.3, -0.25) is 4.99 Å². The van der Waals surface area contributed by atoms with Crippen LogP contribution in [0.25, 0.3) is 0 Å². The van der Waals surface area contributed by atoms with Crippen LogP contribution in [0.3, 0.4) is 0 Å². The van der Waals surface area contributed by atoms with Crippen molar-refractivity contribution in [2.75, 3.05) is 57.5 Å². The summed E-state index contributed by atoms with van der Waals surface area (Å²) in [5.41, 5.74) is 0.889. The highest BCUT2D eigenvalue weighted by molar-refractivity contribution is 14.0. The zero-order chi connectivity index (χ0) is 20.9. The van der Waals surface area contributed by atoms with Crippen LogP contribution in [0.5, 0.6) is 0 Å². The summed E-state index contributed by atoms with van der Waals surface area (Å²) in [6.45, 7) is 4.52. The van der Waals surface area contributed by atoms with E-state index in [0.29, 0.717) is 23.3 Å². The van der Waals surface area contributed by atoms with Crippen LogP contribution in [0, 0.1) is 0 Å². The fourth-order valence-corrected chi connectivity index (χ4v) is 4.88. The van der Waals surface area contributed by atoms with E-state index in [0.717, 1.165) is 38.4 Å². The average molecular weight is 557 g/mol. The minimum absolute atomic E-state index is 0. The number of likely N-dealkylation sites (N-methyl/N-ethyl adjacent to an activating group) is 1. The third kappa shape index (κ3) is 7.08. The first kappa shape index (κ1) is 25.4. The number of hydrogen-bond acceptors (Lipinski definition) is 4. The van der Waals surface area contributed by atoms with Gasteiger partial charge in [-0.1, -0.05) is 0 Å². The molecule has 0 spiro atoms. The number of hydrogen-bond donors (Lipinski definition) is 2. The Hall–Kier alpha value is -0.880. The summed E-state index contributed by atoms with van der Waals surface area (Å²) in [5, 5.41) is 7.08. The molecule has 2 N–H and O–H groups in total. The number of benzene rings is 1. The molecule has 5 nitrogen and oxygen atoms in total. The van der Waals surface area contributed by atoms with Gasteiger partial charge in [-0.15, -0.1) is 24.0 Å². The van der Waals surface area contributed by atoms with Crippen LogP contribution in [0.15, 0.2) is 23.2 Å².